The maximum Gasteiger partial charge on any atom is 0.262 e. The Bertz CT molecular complexity index is 798. The molecule has 1 N–H and O–H groups in total. The van der Waals surface area contributed by atoms with Gasteiger partial charge in [0, 0.05) is 25.6 Å². The molecule has 0 radical (unpaired) electrons. The fourth-order valence-electron chi connectivity index (χ4n) is 3.27. The van der Waals surface area contributed by atoms with Crippen LogP contribution < -0.4 is 10.1 Å². The third-order valence-electron chi connectivity index (χ3n) is 4.87. The Labute approximate surface area is 153 Å². The summed E-state index contributed by atoms with van der Waals surface area (Å²) in [6, 6.07) is 4.37. The number of benzene rings is 1. The van der Waals surface area contributed by atoms with Gasteiger partial charge in [-0.05, 0) is 31.9 Å². The Hall–Kier alpha value is -2.09. The number of hydrogen-bond acceptors (Lipinski definition) is 5. The van der Waals surface area contributed by atoms with Crippen molar-refractivity contribution in [3.05, 3.63) is 18.2 Å². The van der Waals surface area contributed by atoms with E-state index in [4.69, 9.17) is 4.74 Å². The highest BCUT2D eigenvalue weighted by atomic mass is 32.2. The molecule has 1 saturated heterocycles. The first-order valence-corrected chi connectivity index (χ1v) is 10.5. The van der Waals surface area contributed by atoms with Crippen molar-refractivity contribution in [2.24, 2.45) is 0 Å². The van der Waals surface area contributed by atoms with E-state index in [-0.39, 0.29) is 29.7 Å². The van der Waals surface area contributed by atoms with Gasteiger partial charge in [-0.25, -0.2) is 8.42 Å². The summed E-state index contributed by atoms with van der Waals surface area (Å²) in [4.78, 5) is 25.7. The molecule has 0 aromatic heterocycles. The van der Waals surface area contributed by atoms with Crippen LogP contribution in [0.1, 0.15) is 39.0 Å². The van der Waals surface area contributed by atoms with Gasteiger partial charge >= 0.3 is 0 Å². The van der Waals surface area contributed by atoms with Crippen molar-refractivity contribution in [2.45, 2.75) is 49.2 Å². The summed E-state index contributed by atoms with van der Waals surface area (Å²) < 4.78 is 31.0. The highest BCUT2D eigenvalue weighted by Gasteiger charge is 2.29. The van der Waals surface area contributed by atoms with Crippen LogP contribution >= 0.6 is 0 Å². The van der Waals surface area contributed by atoms with Crippen LogP contribution in [0, 0.1) is 0 Å². The monoisotopic (exact) mass is 380 g/mol. The standard InChI is InChI=1S/C18H24N2O5S/c1-13(10-18(22)20-8-4-2-3-5-9-20)26(23,24)14-6-7-15-16(11-14)25-12-17(21)19-15/h6-7,11,13H,2-5,8-10,12H2,1H3,(H,19,21). The topological polar surface area (TPSA) is 92.8 Å². The second-order valence-corrected chi connectivity index (χ2v) is 9.22. The van der Waals surface area contributed by atoms with Crippen LogP contribution in [0.25, 0.3) is 0 Å². The molecule has 7 nitrogen and oxygen atoms in total. The SMILES string of the molecule is CC(CC(=O)N1CCCCCC1)S(=O)(=O)c1ccc2c(c1)OCC(=O)N2. The van der Waals surface area contributed by atoms with Gasteiger partial charge in [-0.3, -0.25) is 9.59 Å². The summed E-state index contributed by atoms with van der Waals surface area (Å²) in [6.07, 6.45) is 4.14. The number of nitrogens with one attached hydrogen (secondary N) is 1. The largest absolute Gasteiger partial charge is 0.482 e. The molecular weight excluding hydrogens is 356 g/mol. The lowest BCUT2D eigenvalue weighted by Gasteiger charge is -2.23. The molecule has 2 heterocycles. The van der Waals surface area contributed by atoms with E-state index in [9.17, 15) is 18.0 Å². The van der Waals surface area contributed by atoms with Crippen molar-refractivity contribution in [1.29, 1.82) is 0 Å². The molecule has 1 atom stereocenters. The van der Waals surface area contributed by atoms with Crippen molar-refractivity contribution in [1.82, 2.24) is 4.90 Å². The molecule has 1 aromatic carbocycles. The van der Waals surface area contributed by atoms with Crippen LogP contribution in [0.15, 0.2) is 23.1 Å². The zero-order valence-corrected chi connectivity index (χ0v) is 15.7. The van der Waals surface area contributed by atoms with Crippen LogP contribution in [0.2, 0.25) is 0 Å². The van der Waals surface area contributed by atoms with Crippen LogP contribution in [0.5, 0.6) is 5.75 Å². The van der Waals surface area contributed by atoms with Crippen molar-refractivity contribution >= 4 is 27.3 Å². The van der Waals surface area contributed by atoms with Gasteiger partial charge in [-0.15, -0.1) is 0 Å². The van der Waals surface area contributed by atoms with Crippen molar-refractivity contribution in [3.8, 4) is 5.75 Å². The zero-order valence-electron chi connectivity index (χ0n) is 14.9. The predicted octanol–water partition coefficient (Wildman–Crippen LogP) is 1.97. The van der Waals surface area contributed by atoms with Gasteiger partial charge in [0.15, 0.2) is 16.4 Å². The number of ether oxygens (including phenoxy) is 1. The zero-order chi connectivity index (χ0) is 18.7. The quantitative estimate of drug-likeness (QED) is 0.862. The van der Waals surface area contributed by atoms with Gasteiger partial charge in [-0.1, -0.05) is 12.8 Å². The minimum Gasteiger partial charge on any atom is -0.482 e. The third kappa shape index (κ3) is 4.00. The van der Waals surface area contributed by atoms with E-state index in [0.29, 0.717) is 24.5 Å². The van der Waals surface area contributed by atoms with Gasteiger partial charge in [0.1, 0.15) is 5.75 Å². The molecule has 0 spiro atoms. The van der Waals surface area contributed by atoms with Gasteiger partial charge < -0.3 is 15.0 Å². The first kappa shape index (κ1) is 18.7. The van der Waals surface area contributed by atoms with Gasteiger partial charge in [-0.2, -0.15) is 0 Å². The summed E-state index contributed by atoms with van der Waals surface area (Å²) in [5.74, 6) is -0.0503. The molecule has 0 saturated carbocycles. The molecule has 3 rings (SSSR count). The lowest BCUT2D eigenvalue weighted by atomic mass is 10.2. The first-order chi connectivity index (χ1) is 12.4. The second-order valence-electron chi connectivity index (χ2n) is 6.85. The maximum atomic E-state index is 12.9. The van der Waals surface area contributed by atoms with Crippen LogP contribution in [0.4, 0.5) is 5.69 Å². The number of sulfone groups is 1. The molecule has 142 valence electrons. The van der Waals surface area contributed by atoms with Crippen molar-refractivity contribution in [3.63, 3.8) is 0 Å². The fourth-order valence-corrected chi connectivity index (χ4v) is 4.62. The van der Waals surface area contributed by atoms with E-state index in [1.807, 2.05) is 0 Å². The molecule has 1 unspecified atom stereocenters. The van der Waals surface area contributed by atoms with E-state index >= 15 is 0 Å². The number of nitrogens with zero attached hydrogens (tertiary/aromatic N) is 1. The van der Waals surface area contributed by atoms with Gasteiger partial charge in [0.25, 0.3) is 5.91 Å². The Kier molecular flexibility index (Phi) is 5.50. The minimum absolute atomic E-state index is 0.0307. The molecule has 1 aromatic rings. The van der Waals surface area contributed by atoms with Gasteiger partial charge in [0.05, 0.1) is 15.8 Å². The van der Waals surface area contributed by atoms with Crippen molar-refractivity contribution in [2.75, 3.05) is 25.0 Å². The lowest BCUT2D eigenvalue weighted by molar-refractivity contribution is -0.131. The summed E-state index contributed by atoms with van der Waals surface area (Å²) in [7, 11) is -3.67. The van der Waals surface area contributed by atoms with E-state index in [1.165, 1.54) is 18.2 Å². The predicted molar refractivity (Wildman–Crippen MR) is 96.9 cm³/mol. The van der Waals surface area contributed by atoms with E-state index in [2.05, 4.69) is 5.32 Å². The maximum absolute atomic E-state index is 12.9. The van der Waals surface area contributed by atoms with Crippen LogP contribution in [-0.4, -0.2) is 50.1 Å². The van der Waals surface area contributed by atoms with Crippen molar-refractivity contribution < 1.29 is 22.7 Å². The molecule has 26 heavy (non-hydrogen) atoms. The Balaban J connectivity index is 1.72. The van der Waals surface area contributed by atoms with E-state index in [1.54, 1.807) is 11.8 Å². The highest BCUT2D eigenvalue weighted by molar-refractivity contribution is 7.92. The normalized spacial score (nSPS) is 19.0. The summed E-state index contributed by atoms with van der Waals surface area (Å²) in [5, 5.41) is 1.80. The second kappa shape index (κ2) is 7.65. The van der Waals surface area contributed by atoms with Crippen LogP contribution in [0.3, 0.4) is 0 Å². The summed E-state index contributed by atoms with van der Waals surface area (Å²) in [6.45, 7) is 2.84. The number of likely N-dealkylation sites (tertiary alicyclic amines) is 1. The summed E-state index contributed by atoms with van der Waals surface area (Å²) >= 11 is 0. The molecular formula is C18H24N2O5S. The van der Waals surface area contributed by atoms with Gasteiger partial charge in [0.2, 0.25) is 5.91 Å². The minimum atomic E-state index is -3.67. The van der Waals surface area contributed by atoms with E-state index < -0.39 is 15.1 Å². The average molecular weight is 380 g/mol. The number of anilines is 1. The molecule has 1 fully saturated rings. The Morgan fingerprint density at radius 1 is 1.23 bits per heavy atom. The number of carbonyl (C=O) groups excluding carboxylic acids is 2. The fraction of sp³-hybridized carbons (Fsp3) is 0.556. The first-order valence-electron chi connectivity index (χ1n) is 8.96. The van der Waals surface area contributed by atoms with Crippen LogP contribution in [-0.2, 0) is 19.4 Å². The number of fused-ring (bicyclic) bond motifs is 1. The molecule has 2 amide bonds. The number of amides is 2. The molecule has 0 aliphatic carbocycles. The summed E-state index contributed by atoms with van der Waals surface area (Å²) in [5.41, 5.74) is 0.452. The molecule has 0 bridgehead atoms. The third-order valence-corrected chi connectivity index (χ3v) is 7.00. The number of rotatable bonds is 4. The molecule has 2 aliphatic heterocycles. The smallest absolute Gasteiger partial charge is 0.262 e. The number of carbonyl (C=O) groups is 2. The Morgan fingerprint density at radius 2 is 1.92 bits per heavy atom. The molecule has 2 aliphatic rings. The average Bonchev–Trinajstić information content (AvgIpc) is 2.90. The highest BCUT2D eigenvalue weighted by Crippen LogP contribution is 2.32. The van der Waals surface area contributed by atoms with E-state index in [0.717, 1.165) is 25.7 Å². The molecule has 8 heteroatoms. The lowest BCUT2D eigenvalue weighted by Crippen LogP contribution is -2.35. The number of hydrogen-bond donors (Lipinski definition) is 1. The Morgan fingerprint density at radius 3 is 2.62 bits per heavy atom.